The smallest absolute Gasteiger partial charge is 0.314 e. The summed E-state index contributed by atoms with van der Waals surface area (Å²) in [6.07, 6.45) is 55.0. The Bertz CT molecular complexity index is 4190. The molecule has 0 radical (unpaired) electrons. The van der Waals surface area contributed by atoms with Crippen LogP contribution in [0, 0.1) is 0 Å². The Morgan fingerprint density at radius 2 is 0.764 bits per heavy atom. The number of nitrogens with zero attached hydrogens (tertiary/aromatic N) is 9. The van der Waals surface area contributed by atoms with Crippen molar-refractivity contribution in [3.63, 3.8) is 0 Å². The van der Waals surface area contributed by atoms with E-state index in [1.807, 2.05) is 0 Å². The Kier molecular flexibility index (Phi) is 59.5. The number of aliphatic carboxylic acids is 2. The maximum Gasteiger partial charge on any atom is 0.314 e. The Morgan fingerprint density at radius 3 is 1.12 bits per heavy atom. The van der Waals surface area contributed by atoms with Gasteiger partial charge in [0.05, 0.1) is 83.3 Å². The third-order valence-electron chi connectivity index (χ3n) is 19.1. The van der Waals surface area contributed by atoms with Crippen molar-refractivity contribution in [2.75, 3.05) is 56.8 Å². The molecule has 0 aromatic carbocycles. The van der Waals surface area contributed by atoms with Gasteiger partial charge in [-0.1, -0.05) is 186 Å². The minimum Gasteiger partial charge on any atom is -0.481 e. The monoisotopic (exact) mass is 1730 g/mol. The van der Waals surface area contributed by atoms with E-state index in [0.29, 0.717) is 42.6 Å². The molecule has 0 aliphatic carbocycles. The molecule has 690 valence electrons. The quantitative estimate of drug-likeness (QED) is 0.00555. The largest absolute Gasteiger partial charge is 0.481 e. The average Bonchev–Trinajstić information content (AvgIpc) is 1.69. The minimum absolute atomic E-state index is 0.00332. The van der Waals surface area contributed by atoms with E-state index >= 15 is 0 Å². The van der Waals surface area contributed by atoms with E-state index < -0.39 is 41.0 Å². The van der Waals surface area contributed by atoms with Crippen LogP contribution in [0.5, 0.6) is 0 Å². The number of nitrogen functional groups attached to an aromatic ring is 3. The summed E-state index contributed by atoms with van der Waals surface area (Å²) in [6, 6.07) is 0. The molecule has 7 heterocycles. The first-order valence-corrected chi connectivity index (χ1v) is 43.9. The SMILES string of the molecule is CCCCCC[C@@H](O)C/C=C\CCCCCCCC(=O)O.CCCCCC[C@@H](O)C/C=C\CCCCCCCC(=O)OCCOCn1cnc2c(=O)[nH]c(N)nc21.CCCCCC[C@H](C/C=C\CCCCCCCC(=O)OCCOCn1cnc2c(=O)[nH]c(N)nc21)OC(=O)CCC(=O)O.Nc1nc2c(ncn2COCCO)c(=O)[nH]1.O=C1CCC(=O)O1. The highest BCUT2D eigenvalue weighted by Crippen LogP contribution is 2.19. The number of aromatic amines is 3. The van der Waals surface area contributed by atoms with Crippen molar-refractivity contribution in [3.8, 4) is 0 Å². The first-order valence-electron chi connectivity index (χ1n) is 43.9. The summed E-state index contributed by atoms with van der Waals surface area (Å²) < 4.78 is 40.8. The van der Waals surface area contributed by atoms with E-state index in [4.69, 9.17) is 60.9 Å². The molecular formula is C86H139N15O22. The fourth-order valence-electron chi connectivity index (χ4n) is 12.4. The standard InChI is InChI=1S/C30H47N5O8.C26H43N5O5.C18H34O3.C8H11N5O3.C4H4O3/c1-2-3-4-11-14-23(43-26(39)18-17-24(36)37)15-12-9-7-5-6-8-10-13-16-25(38)42-20-19-41-22-35-21-32-27-28(35)33-30(31)34-29(27)40;1-2-3-4-11-14-21(32)15-12-9-7-5-6-8-10-13-16-22(33)36-18-17-35-20-31-19-28-23-24(31)29-26(27)30-25(23)34;1-2-3-4-11-14-17(19)15-12-9-7-5-6-8-10-13-16-18(20)21;9-8-11-6-5(7(15)12-8)10-3-13(6)4-16-2-1-14;5-3-1-2-4(6)7-3/h9,12,21,23H,2-8,10-11,13-20,22H2,1H3,(H,36,37)(H3,31,33,34,40);9,12,19,21,32H,2-8,10-11,13-18,20H2,1H3,(H3,27,29,30,34);9,12,17,19H,2-8,10-11,13-16H2,1H3,(H,20,21);3,14H,1-2,4H2,(H3,9,11,12,15);1-2H2/b3*12-9-;;/t23-;21-;17-;;/m111../s1. The lowest BCUT2D eigenvalue weighted by Crippen LogP contribution is -2.18. The van der Waals surface area contributed by atoms with Crippen molar-refractivity contribution < 1.29 is 92.3 Å². The van der Waals surface area contributed by atoms with E-state index in [0.717, 1.165) is 180 Å². The number of carbonyl (C=O) groups is 7. The van der Waals surface area contributed by atoms with Gasteiger partial charge in [-0.05, 0) is 96.3 Å². The Labute approximate surface area is 719 Å². The molecule has 1 fully saturated rings. The number of fused-ring (bicyclic) bond motifs is 3. The van der Waals surface area contributed by atoms with Crippen LogP contribution in [0.3, 0.4) is 0 Å². The number of imidazole rings is 3. The highest BCUT2D eigenvalue weighted by atomic mass is 16.6. The van der Waals surface area contributed by atoms with Crippen molar-refractivity contribution in [1.29, 1.82) is 0 Å². The number of carbonyl (C=O) groups excluding carboxylic acids is 5. The lowest BCUT2D eigenvalue weighted by atomic mass is 10.1. The second-order valence-electron chi connectivity index (χ2n) is 29.9. The molecule has 0 amide bonds. The van der Waals surface area contributed by atoms with Gasteiger partial charge in [-0.3, -0.25) is 76.6 Å². The molecule has 0 bridgehead atoms. The van der Waals surface area contributed by atoms with Crippen molar-refractivity contribution >= 4 is 93.1 Å². The number of aromatic nitrogens is 12. The molecule has 3 atom stereocenters. The molecule has 0 unspecified atom stereocenters. The van der Waals surface area contributed by atoms with Crippen molar-refractivity contribution in [2.24, 2.45) is 0 Å². The number of hydrogen-bond acceptors (Lipinski definition) is 29. The van der Waals surface area contributed by atoms with E-state index in [2.05, 4.69) is 107 Å². The molecule has 6 aromatic heterocycles. The number of anilines is 3. The third-order valence-corrected chi connectivity index (χ3v) is 19.1. The van der Waals surface area contributed by atoms with Crippen LogP contribution in [-0.4, -0.2) is 184 Å². The van der Waals surface area contributed by atoms with Crippen LogP contribution in [0.15, 0.2) is 69.8 Å². The molecule has 0 spiro atoms. The van der Waals surface area contributed by atoms with Crippen molar-refractivity contribution in [1.82, 2.24) is 58.6 Å². The minimum atomic E-state index is -0.999. The molecule has 1 aliphatic heterocycles. The molecule has 0 saturated carbocycles. The van der Waals surface area contributed by atoms with Gasteiger partial charge in [-0.2, -0.15) is 15.0 Å². The van der Waals surface area contributed by atoms with Crippen LogP contribution in [0.1, 0.15) is 297 Å². The number of ether oxygens (including phenoxy) is 7. The number of unbranched alkanes of at least 4 members (excludes halogenated alkanes) is 24. The maximum atomic E-state index is 12.0. The number of carboxylic acid groups (broad SMARTS) is 2. The van der Waals surface area contributed by atoms with Gasteiger partial charge in [-0.15, -0.1) is 0 Å². The topological polar surface area (TPSA) is 554 Å². The molecule has 1 saturated heterocycles. The van der Waals surface area contributed by atoms with E-state index in [1.165, 1.54) is 68.5 Å². The molecule has 1 aliphatic rings. The van der Waals surface area contributed by atoms with Gasteiger partial charge in [0, 0.05) is 25.7 Å². The Hall–Kier alpha value is -10.1. The number of esters is 5. The van der Waals surface area contributed by atoms with Gasteiger partial charge < -0.3 is 75.9 Å². The number of nitrogens with two attached hydrogens (primary N) is 3. The number of nitrogens with one attached hydrogen (secondary N) is 3. The fraction of sp³-hybridized carbons (Fsp3) is 0.674. The fourth-order valence-corrected chi connectivity index (χ4v) is 12.4. The van der Waals surface area contributed by atoms with Gasteiger partial charge in [0.25, 0.3) is 16.7 Å². The van der Waals surface area contributed by atoms with Gasteiger partial charge in [-0.25, -0.2) is 15.0 Å². The number of H-pyrrole nitrogens is 3. The van der Waals surface area contributed by atoms with Crippen LogP contribution >= 0.6 is 0 Å². The molecule has 6 aromatic rings. The van der Waals surface area contributed by atoms with Gasteiger partial charge >= 0.3 is 41.8 Å². The highest BCUT2D eigenvalue weighted by molar-refractivity contribution is 5.92. The molecule has 14 N–H and O–H groups in total. The van der Waals surface area contributed by atoms with E-state index in [9.17, 15) is 58.2 Å². The summed E-state index contributed by atoms with van der Waals surface area (Å²) in [4.78, 5) is 143. The average molecular weight is 1740 g/mol. The number of allylic oxidation sites excluding steroid dienone is 3. The first-order chi connectivity index (χ1) is 59.5. The molecule has 7 rings (SSSR count). The summed E-state index contributed by atoms with van der Waals surface area (Å²) in [6.45, 7) is 7.80. The van der Waals surface area contributed by atoms with Crippen LogP contribution in [-0.2, 0) is 86.9 Å². The number of carboxylic acids is 2. The zero-order valence-electron chi connectivity index (χ0n) is 72.6. The summed E-state index contributed by atoms with van der Waals surface area (Å²) in [5.74, 6) is -3.37. The highest BCUT2D eigenvalue weighted by Gasteiger charge is 2.20. The number of rotatable bonds is 63. The van der Waals surface area contributed by atoms with Crippen LogP contribution in [0.2, 0.25) is 0 Å². The summed E-state index contributed by atoms with van der Waals surface area (Å²) in [7, 11) is 0. The maximum absolute atomic E-state index is 12.0. The molecule has 37 nitrogen and oxygen atoms in total. The van der Waals surface area contributed by atoms with Crippen LogP contribution < -0.4 is 33.9 Å². The van der Waals surface area contributed by atoms with Gasteiger partial charge in [0.2, 0.25) is 17.8 Å². The second kappa shape index (κ2) is 68.4. The predicted octanol–water partition coefficient (Wildman–Crippen LogP) is 12.5. The summed E-state index contributed by atoms with van der Waals surface area (Å²) >= 11 is 0. The number of hydrogen-bond donors (Lipinski definition) is 11. The van der Waals surface area contributed by atoms with Crippen LogP contribution in [0.25, 0.3) is 33.5 Å². The van der Waals surface area contributed by atoms with Crippen molar-refractivity contribution in [3.05, 3.63) is 86.5 Å². The summed E-state index contributed by atoms with van der Waals surface area (Å²) in [5.41, 5.74) is 17.0. The summed E-state index contributed by atoms with van der Waals surface area (Å²) in [5, 5.41) is 45.6. The lowest BCUT2D eigenvalue weighted by molar-refractivity contribution is -0.152. The van der Waals surface area contributed by atoms with Crippen LogP contribution in [0.4, 0.5) is 17.8 Å². The first kappa shape index (κ1) is 107. The van der Waals surface area contributed by atoms with E-state index in [-0.39, 0.29) is 156 Å². The normalized spacial score (nSPS) is 12.7. The Balaban J connectivity index is 0.000000435. The second-order valence-corrected chi connectivity index (χ2v) is 29.9. The number of aliphatic hydroxyl groups excluding tert-OH is 3. The van der Waals surface area contributed by atoms with Gasteiger partial charge in [0.1, 0.15) is 39.5 Å². The zero-order valence-corrected chi connectivity index (χ0v) is 72.6. The lowest BCUT2D eigenvalue weighted by Gasteiger charge is -2.16. The van der Waals surface area contributed by atoms with Gasteiger partial charge in [0.15, 0.2) is 33.5 Å². The molecule has 37 heteroatoms. The third kappa shape index (κ3) is 52.2. The van der Waals surface area contributed by atoms with E-state index in [1.54, 1.807) is 9.13 Å². The predicted molar refractivity (Wildman–Crippen MR) is 466 cm³/mol. The zero-order chi connectivity index (χ0) is 89.9. The molecule has 123 heavy (non-hydrogen) atoms. The number of aliphatic hydroxyl groups is 3. The number of cyclic esters (lactones) is 2. The van der Waals surface area contributed by atoms with Crippen molar-refractivity contribution in [2.45, 2.75) is 335 Å². The molecular weight excluding hydrogens is 1600 g/mol. The Morgan fingerprint density at radius 1 is 0.423 bits per heavy atom.